The number of benzene rings is 2. The normalized spacial score (nSPS) is 10.4. The number of halogens is 2. The molecular weight excluding hydrogens is 274 g/mol. The highest BCUT2D eigenvalue weighted by molar-refractivity contribution is 6.09. The van der Waals surface area contributed by atoms with E-state index in [1.807, 2.05) is 0 Å². The van der Waals surface area contributed by atoms with Gasteiger partial charge in [0.2, 0.25) is 0 Å². The molecule has 0 heterocycles. The molecule has 0 N–H and O–H groups in total. The summed E-state index contributed by atoms with van der Waals surface area (Å²) in [5.74, 6) is -1.27. The van der Waals surface area contributed by atoms with Crippen molar-refractivity contribution < 1.29 is 18.3 Å². The Bertz CT molecular complexity index is 621. The summed E-state index contributed by atoms with van der Waals surface area (Å²) in [6.07, 6.45) is 1.99. The molecule has 21 heavy (non-hydrogen) atoms. The lowest BCUT2D eigenvalue weighted by Gasteiger charge is -2.07. The third-order valence-electron chi connectivity index (χ3n) is 3.06. The van der Waals surface area contributed by atoms with E-state index in [0.29, 0.717) is 17.9 Å². The fraction of sp³-hybridized carbons (Fsp3) is 0.235. The van der Waals surface area contributed by atoms with Gasteiger partial charge in [0.25, 0.3) is 0 Å². The number of hydrogen-bond donors (Lipinski definition) is 0. The van der Waals surface area contributed by atoms with Gasteiger partial charge in [0.1, 0.15) is 17.4 Å². The smallest absolute Gasteiger partial charge is 0.196 e. The molecule has 2 rings (SSSR count). The van der Waals surface area contributed by atoms with E-state index in [2.05, 4.69) is 6.92 Å². The van der Waals surface area contributed by atoms with E-state index < -0.39 is 17.4 Å². The molecule has 0 spiro atoms. The van der Waals surface area contributed by atoms with Crippen molar-refractivity contribution in [1.29, 1.82) is 0 Å². The summed E-state index contributed by atoms with van der Waals surface area (Å²) >= 11 is 0. The lowest BCUT2D eigenvalue weighted by atomic mass is 10.0. The minimum Gasteiger partial charge on any atom is -0.494 e. The Balaban J connectivity index is 2.14. The van der Waals surface area contributed by atoms with Crippen molar-refractivity contribution in [3.05, 3.63) is 65.2 Å². The van der Waals surface area contributed by atoms with E-state index in [1.165, 1.54) is 0 Å². The second kappa shape index (κ2) is 6.97. The van der Waals surface area contributed by atoms with Crippen LogP contribution in [0, 0.1) is 11.6 Å². The monoisotopic (exact) mass is 290 g/mol. The summed E-state index contributed by atoms with van der Waals surface area (Å²) in [5, 5.41) is 0. The molecule has 0 bridgehead atoms. The molecule has 0 aliphatic carbocycles. The van der Waals surface area contributed by atoms with E-state index in [9.17, 15) is 13.6 Å². The quantitative estimate of drug-likeness (QED) is 0.583. The maximum Gasteiger partial charge on any atom is 0.196 e. The zero-order valence-electron chi connectivity index (χ0n) is 11.7. The van der Waals surface area contributed by atoms with Crippen LogP contribution in [0.2, 0.25) is 0 Å². The van der Waals surface area contributed by atoms with Crippen LogP contribution in [0.5, 0.6) is 5.75 Å². The highest BCUT2D eigenvalue weighted by atomic mass is 19.1. The molecule has 0 aliphatic rings. The van der Waals surface area contributed by atoms with Crippen LogP contribution in [0.25, 0.3) is 0 Å². The molecule has 4 heteroatoms. The third kappa shape index (κ3) is 3.88. The minimum atomic E-state index is -0.732. The van der Waals surface area contributed by atoms with Crippen LogP contribution in [-0.2, 0) is 0 Å². The summed E-state index contributed by atoms with van der Waals surface area (Å²) < 4.78 is 32.2. The van der Waals surface area contributed by atoms with Gasteiger partial charge in [-0.1, -0.05) is 13.3 Å². The number of carbonyl (C=O) groups excluding carboxylic acids is 1. The van der Waals surface area contributed by atoms with Gasteiger partial charge in [0.05, 0.1) is 12.2 Å². The van der Waals surface area contributed by atoms with Crippen molar-refractivity contribution >= 4 is 5.78 Å². The minimum absolute atomic E-state index is 0.269. The molecule has 0 unspecified atom stereocenters. The standard InChI is InChI=1S/C17H16F2O2/c1-2-3-10-21-14-7-4-12(5-8-14)17(20)15-11-13(18)6-9-16(15)19/h4-9,11H,2-3,10H2,1H3. The SMILES string of the molecule is CCCCOc1ccc(C(=O)c2cc(F)ccc2F)cc1. The van der Waals surface area contributed by atoms with Crippen LogP contribution in [0.3, 0.4) is 0 Å². The number of unbranched alkanes of at least 4 members (excludes halogenated alkanes) is 1. The maximum absolute atomic E-state index is 13.6. The summed E-state index contributed by atoms with van der Waals surface area (Å²) in [4.78, 5) is 12.1. The molecule has 0 radical (unpaired) electrons. The van der Waals surface area contributed by atoms with Gasteiger partial charge in [-0.05, 0) is 48.9 Å². The Labute approximate surface area is 122 Å². The van der Waals surface area contributed by atoms with Crippen LogP contribution in [0.1, 0.15) is 35.7 Å². The highest BCUT2D eigenvalue weighted by Gasteiger charge is 2.15. The Kier molecular flexibility index (Phi) is 5.04. The first-order valence-electron chi connectivity index (χ1n) is 6.84. The number of rotatable bonds is 6. The van der Waals surface area contributed by atoms with Gasteiger partial charge in [-0.2, -0.15) is 0 Å². The summed E-state index contributed by atoms with van der Waals surface area (Å²) in [6, 6.07) is 9.24. The van der Waals surface area contributed by atoms with Crippen molar-refractivity contribution in [2.45, 2.75) is 19.8 Å². The molecule has 2 aromatic carbocycles. The summed E-state index contributed by atoms with van der Waals surface area (Å²) in [5.41, 5.74) is 0.0250. The van der Waals surface area contributed by atoms with Crippen molar-refractivity contribution in [2.75, 3.05) is 6.61 Å². The topological polar surface area (TPSA) is 26.3 Å². The second-order valence-corrected chi connectivity index (χ2v) is 4.68. The van der Waals surface area contributed by atoms with E-state index in [0.717, 1.165) is 31.0 Å². The summed E-state index contributed by atoms with van der Waals surface area (Å²) in [7, 11) is 0. The Morgan fingerprint density at radius 2 is 1.81 bits per heavy atom. The van der Waals surface area contributed by atoms with Crippen molar-refractivity contribution in [2.24, 2.45) is 0 Å². The van der Waals surface area contributed by atoms with Crippen molar-refractivity contribution in [3.8, 4) is 5.75 Å². The van der Waals surface area contributed by atoms with Crippen molar-refractivity contribution in [3.63, 3.8) is 0 Å². The van der Waals surface area contributed by atoms with E-state index in [4.69, 9.17) is 4.74 Å². The fourth-order valence-corrected chi connectivity index (χ4v) is 1.86. The van der Waals surface area contributed by atoms with E-state index in [1.54, 1.807) is 24.3 Å². The molecule has 0 aromatic heterocycles. The molecule has 2 aromatic rings. The van der Waals surface area contributed by atoms with Crippen LogP contribution >= 0.6 is 0 Å². The molecule has 0 atom stereocenters. The van der Waals surface area contributed by atoms with E-state index >= 15 is 0 Å². The fourth-order valence-electron chi connectivity index (χ4n) is 1.86. The van der Waals surface area contributed by atoms with E-state index in [-0.39, 0.29) is 5.56 Å². The second-order valence-electron chi connectivity index (χ2n) is 4.68. The number of ketones is 1. The maximum atomic E-state index is 13.6. The average Bonchev–Trinajstić information content (AvgIpc) is 2.50. The number of ether oxygens (including phenoxy) is 1. The predicted molar refractivity (Wildman–Crippen MR) is 76.6 cm³/mol. The first-order chi connectivity index (χ1) is 10.1. The van der Waals surface area contributed by atoms with Crippen LogP contribution in [-0.4, -0.2) is 12.4 Å². The number of hydrogen-bond acceptors (Lipinski definition) is 2. The zero-order valence-corrected chi connectivity index (χ0v) is 11.7. The molecule has 0 saturated heterocycles. The molecule has 0 saturated carbocycles. The predicted octanol–water partition coefficient (Wildman–Crippen LogP) is 4.37. The molecule has 0 aliphatic heterocycles. The lowest BCUT2D eigenvalue weighted by molar-refractivity contribution is 0.103. The van der Waals surface area contributed by atoms with Crippen molar-refractivity contribution in [1.82, 2.24) is 0 Å². The molecule has 0 fully saturated rings. The molecule has 0 amide bonds. The Morgan fingerprint density at radius 1 is 1.10 bits per heavy atom. The van der Waals surface area contributed by atoms with Gasteiger partial charge in [-0.15, -0.1) is 0 Å². The molecule has 2 nitrogen and oxygen atoms in total. The third-order valence-corrected chi connectivity index (χ3v) is 3.06. The van der Waals surface area contributed by atoms with Gasteiger partial charge in [0.15, 0.2) is 5.78 Å². The lowest BCUT2D eigenvalue weighted by Crippen LogP contribution is -2.05. The largest absolute Gasteiger partial charge is 0.494 e. The number of carbonyl (C=O) groups is 1. The Hall–Kier alpha value is -2.23. The molecule has 110 valence electrons. The van der Waals surface area contributed by atoms with Gasteiger partial charge in [-0.3, -0.25) is 4.79 Å². The van der Waals surface area contributed by atoms with Crippen LogP contribution in [0.15, 0.2) is 42.5 Å². The first-order valence-corrected chi connectivity index (χ1v) is 6.84. The van der Waals surface area contributed by atoms with Gasteiger partial charge in [-0.25, -0.2) is 8.78 Å². The highest BCUT2D eigenvalue weighted by Crippen LogP contribution is 2.18. The van der Waals surface area contributed by atoms with Gasteiger partial charge >= 0.3 is 0 Å². The average molecular weight is 290 g/mol. The van der Waals surface area contributed by atoms with Gasteiger partial charge < -0.3 is 4.74 Å². The summed E-state index contributed by atoms with van der Waals surface area (Å²) in [6.45, 7) is 2.68. The zero-order chi connectivity index (χ0) is 15.2. The van der Waals surface area contributed by atoms with Crippen LogP contribution in [0.4, 0.5) is 8.78 Å². The van der Waals surface area contributed by atoms with Gasteiger partial charge in [0, 0.05) is 5.56 Å². The molecular formula is C17H16F2O2. The Morgan fingerprint density at radius 3 is 2.48 bits per heavy atom. The first kappa shape index (κ1) is 15.2. The van der Waals surface area contributed by atoms with Crippen LogP contribution < -0.4 is 4.74 Å².